The summed E-state index contributed by atoms with van der Waals surface area (Å²) in [6.07, 6.45) is 2.70. The van der Waals surface area contributed by atoms with Crippen LogP contribution in [0.2, 0.25) is 0 Å². The van der Waals surface area contributed by atoms with Gasteiger partial charge < -0.3 is 10.1 Å². The van der Waals surface area contributed by atoms with Gasteiger partial charge >= 0.3 is 6.09 Å². The second-order valence-corrected chi connectivity index (χ2v) is 4.14. The number of rotatable bonds is 2. The molecule has 0 saturated heterocycles. The molecular weight excluding hydrogens is 236 g/mol. The van der Waals surface area contributed by atoms with Crippen LogP contribution in [0.3, 0.4) is 0 Å². The van der Waals surface area contributed by atoms with Crippen molar-refractivity contribution >= 4 is 11.8 Å². The maximum absolute atomic E-state index is 11.2. The molecule has 2 rings (SSSR count). The maximum atomic E-state index is 11.2. The molecule has 0 atom stereocenters. The van der Waals surface area contributed by atoms with E-state index in [-0.39, 0.29) is 10.6 Å². The summed E-state index contributed by atoms with van der Waals surface area (Å²) in [6.45, 7) is 0. The summed E-state index contributed by atoms with van der Waals surface area (Å²) in [5.41, 5.74) is 1.61. The van der Waals surface area contributed by atoms with Crippen LogP contribution in [0.15, 0.2) is 12.1 Å². The third-order valence-electron chi connectivity index (χ3n) is 3.07. The summed E-state index contributed by atoms with van der Waals surface area (Å²) in [7, 11) is 1.47. The monoisotopic (exact) mass is 250 g/mol. The van der Waals surface area contributed by atoms with Crippen molar-refractivity contribution in [3.8, 4) is 5.75 Å². The van der Waals surface area contributed by atoms with Crippen LogP contribution < -0.4 is 10.1 Å². The molecule has 0 bridgehead atoms. The summed E-state index contributed by atoms with van der Waals surface area (Å²) in [4.78, 5) is 21.8. The van der Waals surface area contributed by atoms with Gasteiger partial charge in [0, 0.05) is 24.2 Å². The van der Waals surface area contributed by atoms with E-state index in [1.54, 1.807) is 0 Å². The van der Waals surface area contributed by atoms with Crippen LogP contribution in [-0.2, 0) is 12.8 Å². The molecule has 1 aliphatic rings. The third kappa shape index (κ3) is 2.27. The number of ether oxygens (including phenoxy) is 1. The van der Waals surface area contributed by atoms with E-state index in [9.17, 15) is 14.9 Å². The summed E-state index contributed by atoms with van der Waals surface area (Å²) in [5.74, 6) is 0.426. The number of nitrogens with one attached hydrogen (secondary N) is 1. The fourth-order valence-electron chi connectivity index (χ4n) is 2.23. The van der Waals surface area contributed by atoms with Crippen LogP contribution in [0.4, 0.5) is 10.5 Å². The Hall–Kier alpha value is -2.11. The summed E-state index contributed by atoms with van der Waals surface area (Å²) < 4.78 is 5.12. The summed E-state index contributed by atoms with van der Waals surface area (Å²) in [6, 6.07) is 2.90. The molecule has 0 radical (unpaired) electrons. The van der Waals surface area contributed by atoms with Gasteiger partial charge in [0.15, 0.2) is 0 Å². The van der Waals surface area contributed by atoms with Crippen LogP contribution in [-0.4, -0.2) is 18.1 Å². The molecular formula is C12H14N2O4. The maximum Gasteiger partial charge on any atom is 0.412 e. The molecule has 0 fully saturated rings. The largest absolute Gasteiger partial charge is 0.412 e. The zero-order valence-corrected chi connectivity index (χ0v) is 10.1. The Bertz CT molecular complexity index is 499. The Morgan fingerprint density at radius 1 is 1.33 bits per heavy atom. The molecule has 1 amide bonds. The SMILES string of the molecule is CNC(=O)Oc1ccc([N+](=O)[O-])c2c1CCCC2. The lowest BCUT2D eigenvalue weighted by Crippen LogP contribution is -2.23. The minimum Gasteiger partial charge on any atom is -0.410 e. The van der Waals surface area contributed by atoms with Gasteiger partial charge in [0.25, 0.3) is 5.69 Å². The lowest BCUT2D eigenvalue weighted by Gasteiger charge is -2.18. The van der Waals surface area contributed by atoms with Gasteiger partial charge in [-0.05, 0) is 31.7 Å². The Kier molecular flexibility index (Phi) is 3.45. The first-order valence-electron chi connectivity index (χ1n) is 5.82. The molecule has 0 unspecified atom stereocenters. The second-order valence-electron chi connectivity index (χ2n) is 4.14. The highest BCUT2D eigenvalue weighted by molar-refractivity contribution is 5.71. The highest BCUT2D eigenvalue weighted by Gasteiger charge is 2.24. The average Bonchev–Trinajstić information content (AvgIpc) is 2.38. The van der Waals surface area contributed by atoms with Crippen molar-refractivity contribution in [2.24, 2.45) is 0 Å². The Morgan fingerprint density at radius 3 is 2.61 bits per heavy atom. The van der Waals surface area contributed by atoms with Crippen molar-refractivity contribution in [2.45, 2.75) is 25.7 Å². The fourth-order valence-corrected chi connectivity index (χ4v) is 2.23. The zero-order chi connectivity index (χ0) is 13.1. The number of hydrogen-bond acceptors (Lipinski definition) is 4. The molecule has 0 spiro atoms. The number of amides is 1. The molecule has 1 aromatic carbocycles. The molecule has 6 heteroatoms. The van der Waals surface area contributed by atoms with Gasteiger partial charge in [0.1, 0.15) is 5.75 Å². The number of nitro benzene ring substituents is 1. The quantitative estimate of drug-likeness (QED) is 0.644. The van der Waals surface area contributed by atoms with Crippen LogP contribution in [0.25, 0.3) is 0 Å². The van der Waals surface area contributed by atoms with Crippen LogP contribution in [0, 0.1) is 10.1 Å². The molecule has 0 aliphatic heterocycles. The first-order chi connectivity index (χ1) is 8.63. The highest BCUT2D eigenvalue weighted by Crippen LogP contribution is 2.35. The topological polar surface area (TPSA) is 81.5 Å². The van der Waals surface area contributed by atoms with Gasteiger partial charge in [-0.25, -0.2) is 4.79 Å². The van der Waals surface area contributed by atoms with E-state index in [1.807, 2.05) is 0 Å². The third-order valence-corrected chi connectivity index (χ3v) is 3.07. The first kappa shape index (κ1) is 12.3. The number of carbonyl (C=O) groups is 1. The summed E-state index contributed by atoms with van der Waals surface area (Å²) in [5, 5.41) is 13.3. The lowest BCUT2D eigenvalue weighted by molar-refractivity contribution is -0.385. The highest BCUT2D eigenvalue weighted by atomic mass is 16.6. The fraction of sp³-hybridized carbons (Fsp3) is 0.417. The zero-order valence-electron chi connectivity index (χ0n) is 10.1. The van der Waals surface area contributed by atoms with Gasteiger partial charge in [-0.1, -0.05) is 0 Å². The van der Waals surface area contributed by atoms with E-state index in [0.29, 0.717) is 24.2 Å². The van der Waals surface area contributed by atoms with Gasteiger partial charge in [-0.15, -0.1) is 0 Å². The average molecular weight is 250 g/mol. The van der Waals surface area contributed by atoms with Crippen LogP contribution >= 0.6 is 0 Å². The second kappa shape index (κ2) is 5.03. The Labute approximate surface area is 104 Å². The van der Waals surface area contributed by atoms with Crippen molar-refractivity contribution in [3.05, 3.63) is 33.4 Å². The lowest BCUT2D eigenvalue weighted by atomic mass is 9.90. The van der Waals surface area contributed by atoms with E-state index in [0.717, 1.165) is 18.4 Å². The Balaban J connectivity index is 2.44. The van der Waals surface area contributed by atoms with Crippen molar-refractivity contribution in [3.63, 3.8) is 0 Å². The number of carbonyl (C=O) groups excluding carboxylic acids is 1. The molecule has 0 heterocycles. The standard InChI is InChI=1S/C12H14N2O4/c1-13-12(15)18-11-7-6-10(14(16)17)8-4-2-3-5-9(8)11/h6-7H,2-5H2,1H3,(H,13,15). The molecule has 96 valence electrons. The van der Waals surface area contributed by atoms with E-state index in [4.69, 9.17) is 4.74 Å². The van der Waals surface area contributed by atoms with Crippen molar-refractivity contribution in [1.29, 1.82) is 0 Å². The van der Waals surface area contributed by atoms with Crippen molar-refractivity contribution in [1.82, 2.24) is 5.32 Å². The van der Waals surface area contributed by atoms with E-state index < -0.39 is 6.09 Å². The molecule has 0 aromatic heterocycles. The molecule has 0 saturated carbocycles. The molecule has 1 N–H and O–H groups in total. The van der Waals surface area contributed by atoms with Gasteiger partial charge in [0.05, 0.1) is 4.92 Å². The molecule has 18 heavy (non-hydrogen) atoms. The van der Waals surface area contributed by atoms with Gasteiger partial charge in [-0.3, -0.25) is 10.1 Å². The normalized spacial score (nSPS) is 13.6. The van der Waals surface area contributed by atoms with E-state index in [1.165, 1.54) is 19.2 Å². The van der Waals surface area contributed by atoms with Gasteiger partial charge in [0.2, 0.25) is 0 Å². The Morgan fingerprint density at radius 2 is 2.00 bits per heavy atom. The van der Waals surface area contributed by atoms with E-state index in [2.05, 4.69) is 5.32 Å². The summed E-state index contributed by atoms with van der Waals surface area (Å²) >= 11 is 0. The minimum absolute atomic E-state index is 0.119. The van der Waals surface area contributed by atoms with Crippen molar-refractivity contribution < 1.29 is 14.5 Å². The number of hydrogen-bond donors (Lipinski definition) is 1. The van der Waals surface area contributed by atoms with Crippen LogP contribution in [0.1, 0.15) is 24.0 Å². The first-order valence-corrected chi connectivity index (χ1v) is 5.82. The predicted molar refractivity (Wildman–Crippen MR) is 64.8 cm³/mol. The van der Waals surface area contributed by atoms with E-state index >= 15 is 0 Å². The smallest absolute Gasteiger partial charge is 0.410 e. The number of fused-ring (bicyclic) bond motifs is 1. The predicted octanol–water partition coefficient (Wildman–Crippen LogP) is 2.19. The number of nitro groups is 1. The number of nitrogens with zero attached hydrogens (tertiary/aromatic N) is 1. The molecule has 6 nitrogen and oxygen atoms in total. The molecule has 1 aliphatic carbocycles. The molecule has 1 aromatic rings. The number of benzene rings is 1. The van der Waals surface area contributed by atoms with Gasteiger partial charge in [-0.2, -0.15) is 0 Å². The van der Waals surface area contributed by atoms with Crippen LogP contribution in [0.5, 0.6) is 5.75 Å². The van der Waals surface area contributed by atoms with Crippen molar-refractivity contribution in [2.75, 3.05) is 7.05 Å². The minimum atomic E-state index is -0.559.